The molecule has 11 nitrogen and oxygen atoms in total. The lowest BCUT2D eigenvalue weighted by Gasteiger charge is -2.21. The monoisotopic (exact) mass is 401 g/mol. The van der Waals surface area contributed by atoms with E-state index in [0.29, 0.717) is 0 Å². The van der Waals surface area contributed by atoms with E-state index in [0.717, 1.165) is 12.3 Å². The van der Waals surface area contributed by atoms with E-state index in [1.807, 2.05) is 0 Å². The molecule has 0 saturated carbocycles. The normalized spacial score (nSPS) is 12.3. The van der Waals surface area contributed by atoms with Crippen LogP contribution in [0.2, 0.25) is 0 Å². The van der Waals surface area contributed by atoms with Gasteiger partial charge in [0.15, 0.2) is 0 Å². The van der Waals surface area contributed by atoms with Crippen molar-refractivity contribution in [2.45, 2.75) is 11.0 Å². The molecule has 2 amide bonds. The molecule has 1 unspecified atom stereocenters. The molecule has 0 aromatic carbocycles. The van der Waals surface area contributed by atoms with Crippen LogP contribution >= 0.6 is 0 Å². The first-order valence-corrected chi connectivity index (χ1v) is 8.71. The molecule has 0 fully saturated rings. The van der Waals surface area contributed by atoms with Crippen molar-refractivity contribution in [3.8, 4) is 11.8 Å². The van der Waals surface area contributed by atoms with Crippen LogP contribution in [-0.2, 0) is 10.0 Å². The van der Waals surface area contributed by atoms with E-state index in [4.69, 9.17) is 15.2 Å². The molecular weight excluding hydrogens is 385 g/mol. The van der Waals surface area contributed by atoms with E-state index in [2.05, 4.69) is 15.0 Å². The van der Waals surface area contributed by atoms with Gasteiger partial charge in [0.2, 0.25) is 11.8 Å². The first-order valence-electron chi connectivity index (χ1n) is 7.27. The number of urea groups is 1. The van der Waals surface area contributed by atoms with Crippen LogP contribution in [0, 0.1) is 0 Å². The molecule has 0 aliphatic carbocycles. The number of aromatic nitrogens is 3. The van der Waals surface area contributed by atoms with E-state index in [1.54, 1.807) is 0 Å². The second-order valence-corrected chi connectivity index (χ2v) is 6.67. The second kappa shape index (κ2) is 8.09. The van der Waals surface area contributed by atoms with Crippen molar-refractivity contribution in [1.82, 2.24) is 15.0 Å². The van der Waals surface area contributed by atoms with Gasteiger partial charge < -0.3 is 20.3 Å². The van der Waals surface area contributed by atoms with Gasteiger partial charge in [0.25, 0.3) is 16.0 Å². The van der Waals surface area contributed by atoms with Crippen LogP contribution in [0.4, 0.5) is 15.1 Å². The SMILES string of the molecule is COc1cc(OC)nc(N(C(N)=O)S(=O)(=O)c2cccnc2C(O)CF)n1. The van der Waals surface area contributed by atoms with Gasteiger partial charge in [-0.05, 0) is 12.1 Å². The van der Waals surface area contributed by atoms with Crippen molar-refractivity contribution >= 4 is 22.0 Å². The molecule has 2 aromatic rings. The summed E-state index contributed by atoms with van der Waals surface area (Å²) in [4.78, 5) is 22.5. The number of carbonyl (C=O) groups excluding carboxylic acids is 1. The van der Waals surface area contributed by atoms with Gasteiger partial charge in [-0.2, -0.15) is 9.97 Å². The number of methoxy groups -OCH3 is 2. The fourth-order valence-electron chi connectivity index (χ4n) is 2.06. The maximum Gasteiger partial charge on any atom is 0.336 e. The lowest BCUT2D eigenvalue weighted by Crippen LogP contribution is -2.42. The Morgan fingerprint density at radius 2 is 1.93 bits per heavy atom. The van der Waals surface area contributed by atoms with E-state index >= 15 is 0 Å². The highest BCUT2D eigenvalue weighted by Gasteiger charge is 2.36. The number of pyridine rings is 1. The van der Waals surface area contributed by atoms with Crippen molar-refractivity contribution < 1.29 is 32.2 Å². The maximum atomic E-state index is 13.0. The third kappa shape index (κ3) is 4.03. The largest absolute Gasteiger partial charge is 0.481 e. The summed E-state index contributed by atoms with van der Waals surface area (Å²) in [7, 11) is -2.24. The molecule has 2 rings (SSSR count). The molecule has 146 valence electrons. The first kappa shape index (κ1) is 20.3. The van der Waals surface area contributed by atoms with Crippen molar-refractivity contribution in [3.63, 3.8) is 0 Å². The van der Waals surface area contributed by atoms with Gasteiger partial charge in [0.1, 0.15) is 17.7 Å². The Morgan fingerprint density at radius 1 is 1.33 bits per heavy atom. The molecule has 0 bridgehead atoms. The van der Waals surface area contributed by atoms with E-state index in [-0.39, 0.29) is 16.1 Å². The van der Waals surface area contributed by atoms with E-state index in [1.165, 1.54) is 26.4 Å². The van der Waals surface area contributed by atoms with Crippen molar-refractivity contribution in [3.05, 3.63) is 30.1 Å². The molecule has 0 spiro atoms. The Hall–Kier alpha value is -3.06. The van der Waals surface area contributed by atoms with E-state index < -0.39 is 45.4 Å². The van der Waals surface area contributed by atoms with Gasteiger partial charge in [-0.25, -0.2) is 17.6 Å². The fraction of sp³-hybridized carbons (Fsp3) is 0.286. The summed E-state index contributed by atoms with van der Waals surface area (Å²) >= 11 is 0. The summed E-state index contributed by atoms with van der Waals surface area (Å²) < 4.78 is 48.8. The second-order valence-electron chi connectivity index (χ2n) is 4.92. The van der Waals surface area contributed by atoms with Crippen LogP contribution in [-0.4, -0.2) is 55.4 Å². The molecular formula is C14H16FN5O6S. The average molecular weight is 401 g/mol. The third-order valence-corrected chi connectivity index (χ3v) is 4.97. The molecule has 0 aliphatic rings. The summed E-state index contributed by atoms with van der Waals surface area (Å²) in [6.07, 6.45) is -0.668. The van der Waals surface area contributed by atoms with E-state index in [9.17, 15) is 22.7 Å². The number of aliphatic hydroxyl groups is 1. The number of rotatable bonds is 7. The van der Waals surface area contributed by atoms with Crippen LogP contribution < -0.4 is 19.5 Å². The molecule has 27 heavy (non-hydrogen) atoms. The van der Waals surface area contributed by atoms with Crippen LogP contribution in [0.5, 0.6) is 11.8 Å². The molecule has 13 heteroatoms. The number of ether oxygens (including phenoxy) is 2. The lowest BCUT2D eigenvalue weighted by molar-refractivity contribution is 0.134. The fourth-order valence-corrected chi connectivity index (χ4v) is 3.49. The van der Waals surface area contributed by atoms with Crippen LogP contribution in [0.25, 0.3) is 0 Å². The quantitative estimate of drug-likeness (QED) is 0.659. The van der Waals surface area contributed by atoms with Gasteiger partial charge in [0.05, 0.1) is 26.0 Å². The number of nitrogens with two attached hydrogens (primary N) is 1. The zero-order valence-electron chi connectivity index (χ0n) is 14.2. The average Bonchev–Trinajstić information content (AvgIpc) is 2.66. The topological polar surface area (TPSA) is 158 Å². The van der Waals surface area contributed by atoms with Crippen LogP contribution in [0.1, 0.15) is 11.8 Å². The predicted octanol–water partition coefficient (Wildman–Crippen LogP) is 0.166. The smallest absolute Gasteiger partial charge is 0.336 e. The Balaban J connectivity index is 2.70. The Morgan fingerprint density at radius 3 is 2.41 bits per heavy atom. The minimum absolute atomic E-state index is 0.0729. The van der Waals surface area contributed by atoms with Crippen LogP contribution in [0.3, 0.4) is 0 Å². The standard InChI is InChI=1S/C14H16FN5O6S/c1-25-10-6-11(26-2)19-14(18-10)20(13(16)22)27(23,24)9-4-3-5-17-12(9)8(21)7-15/h3-6,8,21H,7H2,1-2H3,(H2,16,22). The summed E-state index contributed by atoms with van der Waals surface area (Å²) in [5.74, 6) is -0.870. The number of alkyl halides is 1. The first-order chi connectivity index (χ1) is 12.8. The number of carbonyl (C=O) groups is 1. The molecule has 3 N–H and O–H groups in total. The predicted molar refractivity (Wildman–Crippen MR) is 89.6 cm³/mol. The van der Waals surface area contributed by atoms with Crippen molar-refractivity contribution in [2.24, 2.45) is 5.73 Å². The highest BCUT2D eigenvalue weighted by molar-refractivity contribution is 7.93. The maximum absolute atomic E-state index is 13.0. The van der Waals surface area contributed by atoms with Gasteiger partial charge in [-0.1, -0.05) is 0 Å². The Bertz CT molecular complexity index is 919. The van der Waals surface area contributed by atoms with Crippen molar-refractivity contribution in [2.75, 3.05) is 25.2 Å². The zero-order chi connectivity index (χ0) is 20.2. The number of halogens is 1. The Kier molecular flexibility index (Phi) is 6.07. The zero-order valence-corrected chi connectivity index (χ0v) is 15.1. The number of hydrogen-bond donors (Lipinski definition) is 2. The number of nitrogens with zero attached hydrogens (tertiary/aromatic N) is 4. The molecule has 2 aromatic heterocycles. The highest BCUT2D eigenvalue weighted by Crippen LogP contribution is 2.28. The molecule has 2 heterocycles. The lowest BCUT2D eigenvalue weighted by atomic mass is 10.2. The molecule has 0 aliphatic heterocycles. The van der Waals surface area contributed by atoms with Gasteiger partial charge in [-0.3, -0.25) is 4.98 Å². The summed E-state index contributed by atoms with van der Waals surface area (Å²) in [6, 6.07) is 2.06. The minimum atomic E-state index is -4.76. The number of hydrogen-bond acceptors (Lipinski definition) is 9. The van der Waals surface area contributed by atoms with Crippen molar-refractivity contribution in [1.29, 1.82) is 0 Å². The van der Waals surface area contributed by atoms with Gasteiger partial charge in [-0.15, -0.1) is 4.31 Å². The number of primary amides is 1. The molecule has 0 radical (unpaired) electrons. The highest BCUT2D eigenvalue weighted by atomic mass is 32.2. The molecule has 0 saturated heterocycles. The van der Waals surface area contributed by atoms with Gasteiger partial charge in [0, 0.05) is 6.20 Å². The number of sulfonamides is 1. The third-order valence-electron chi connectivity index (χ3n) is 3.25. The number of aliphatic hydroxyl groups excluding tert-OH is 1. The summed E-state index contributed by atoms with van der Waals surface area (Å²) in [5.41, 5.74) is 4.72. The Labute approximate surface area is 153 Å². The number of anilines is 1. The van der Waals surface area contributed by atoms with Crippen LogP contribution in [0.15, 0.2) is 29.3 Å². The number of amides is 2. The minimum Gasteiger partial charge on any atom is -0.481 e. The summed E-state index contributed by atoms with van der Waals surface area (Å²) in [5, 5.41) is 9.72. The molecule has 1 atom stereocenters. The van der Waals surface area contributed by atoms with Gasteiger partial charge >= 0.3 is 6.03 Å². The summed E-state index contributed by atoms with van der Waals surface area (Å²) in [6.45, 7) is -1.29.